The summed E-state index contributed by atoms with van der Waals surface area (Å²) in [5.41, 5.74) is -2.01. The van der Waals surface area contributed by atoms with Crippen LogP contribution in [0.25, 0.3) is 0 Å². The average molecular weight is 529 g/mol. The van der Waals surface area contributed by atoms with Gasteiger partial charge in [0.1, 0.15) is 40.2 Å². The highest BCUT2D eigenvalue weighted by molar-refractivity contribution is 8.04. The van der Waals surface area contributed by atoms with Crippen molar-refractivity contribution in [1.82, 2.24) is 20.0 Å². The van der Waals surface area contributed by atoms with E-state index in [1.54, 1.807) is 13.8 Å². The number of amides is 2. The van der Waals surface area contributed by atoms with Crippen LogP contribution in [0.3, 0.4) is 0 Å². The van der Waals surface area contributed by atoms with Gasteiger partial charge < -0.3 is 10.4 Å². The summed E-state index contributed by atoms with van der Waals surface area (Å²) in [4.78, 5) is 36.5. The summed E-state index contributed by atoms with van der Waals surface area (Å²) in [7, 11) is -3.36. The Hall–Kier alpha value is -3.03. The Morgan fingerprint density at radius 1 is 1.26 bits per heavy atom. The molecule has 1 fully saturated rings. The van der Waals surface area contributed by atoms with Crippen LogP contribution in [0.15, 0.2) is 29.4 Å². The van der Waals surface area contributed by atoms with Crippen LogP contribution >= 0.6 is 11.6 Å². The zero-order valence-electron chi connectivity index (χ0n) is 18.9. The first-order chi connectivity index (χ1) is 16.3. The molecule has 14 heteroatoms. The van der Waals surface area contributed by atoms with E-state index >= 15 is 4.39 Å². The fourth-order valence-corrected chi connectivity index (χ4v) is 8.50. The molecule has 2 aromatic heterocycles. The van der Waals surface area contributed by atoms with Crippen molar-refractivity contribution in [3.8, 4) is 0 Å². The van der Waals surface area contributed by atoms with Gasteiger partial charge in [-0.25, -0.2) is 23.5 Å². The quantitative estimate of drug-likeness (QED) is 0.387. The highest BCUT2D eigenvalue weighted by Gasteiger charge is 2.59. The van der Waals surface area contributed by atoms with Gasteiger partial charge in [-0.05, 0) is 55.5 Å². The number of aromatic nitrogens is 2. The Morgan fingerprint density at radius 3 is 2.63 bits per heavy atom. The molecule has 10 nitrogen and oxygen atoms in total. The van der Waals surface area contributed by atoms with E-state index in [2.05, 4.69) is 30.3 Å². The molecule has 0 unspecified atom stereocenters. The maximum atomic E-state index is 15.2. The number of thiol groups is 1. The number of pyridine rings is 2. The SMILES string of the molecule is CC1(C)C(NC(=O)O)=N[C@](C)(c2nc(NC(=O)c3ncc(F)cc3Cl)ccc2F)[C@H]2CCN[SH]21=O. The first-order valence-electron chi connectivity index (χ1n) is 10.5. The number of carbonyl (C=O) groups is 2. The van der Waals surface area contributed by atoms with Crippen molar-refractivity contribution < 1.29 is 27.7 Å². The van der Waals surface area contributed by atoms with Gasteiger partial charge in [-0.3, -0.25) is 24.0 Å². The summed E-state index contributed by atoms with van der Waals surface area (Å²) in [6.45, 7) is 5.13. The predicted molar refractivity (Wildman–Crippen MR) is 127 cm³/mol. The first-order valence-corrected chi connectivity index (χ1v) is 12.7. The number of fused-ring (bicyclic) bond motifs is 1. The number of nitrogens with one attached hydrogen (secondary N) is 3. The minimum Gasteiger partial charge on any atom is -0.465 e. The minimum atomic E-state index is -3.36. The number of rotatable bonds is 3. The molecule has 1 saturated heterocycles. The normalized spacial score (nSPS) is 25.2. The van der Waals surface area contributed by atoms with E-state index in [9.17, 15) is 23.3 Å². The van der Waals surface area contributed by atoms with E-state index in [4.69, 9.17) is 11.6 Å². The number of halogens is 3. The number of hydrogen-bond acceptors (Lipinski definition) is 6. The van der Waals surface area contributed by atoms with Crippen molar-refractivity contribution in [2.45, 2.75) is 42.7 Å². The molecule has 0 spiro atoms. The molecule has 0 saturated carbocycles. The van der Waals surface area contributed by atoms with Crippen LogP contribution in [-0.4, -0.2) is 53.7 Å². The number of amidine groups is 1. The maximum absolute atomic E-state index is 15.2. The van der Waals surface area contributed by atoms with Crippen molar-refractivity contribution in [2.75, 3.05) is 11.9 Å². The van der Waals surface area contributed by atoms with Crippen LogP contribution in [0.4, 0.5) is 19.4 Å². The van der Waals surface area contributed by atoms with E-state index in [1.807, 2.05) is 0 Å². The summed E-state index contributed by atoms with van der Waals surface area (Å²) < 4.78 is 44.4. The Morgan fingerprint density at radius 2 is 1.97 bits per heavy atom. The van der Waals surface area contributed by atoms with Gasteiger partial charge >= 0.3 is 6.09 Å². The van der Waals surface area contributed by atoms with Gasteiger partial charge in [0.2, 0.25) is 0 Å². The molecule has 2 aromatic rings. The molecule has 4 heterocycles. The van der Waals surface area contributed by atoms with E-state index in [0.717, 1.165) is 18.3 Å². The Labute approximate surface area is 205 Å². The molecule has 188 valence electrons. The number of hydrogen-bond donors (Lipinski definition) is 5. The second-order valence-electron chi connectivity index (χ2n) is 8.93. The second-order valence-corrected chi connectivity index (χ2v) is 12.7. The highest BCUT2D eigenvalue weighted by atomic mass is 35.5. The van der Waals surface area contributed by atoms with E-state index < -0.39 is 49.3 Å². The fourth-order valence-electron chi connectivity index (χ4n) is 4.60. The number of aliphatic imine (C=N–C) groups is 1. The number of carbonyl (C=O) groups excluding carboxylic acids is 1. The molecule has 4 N–H and O–H groups in total. The van der Waals surface area contributed by atoms with E-state index in [1.165, 1.54) is 13.0 Å². The molecule has 2 amide bonds. The fraction of sp³-hybridized carbons (Fsp3) is 0.381. The van der Waals surface area contributed by atoms with Gasteiger partial charge in [0.25, 0.3) is 5.91 Å². The van der Waals surface area contributed by atoms with Crippen LogP contribution in [0.5, 0.6) is 0 Å². The van der Waals surface area contributed by atoms with E-state index in [-0.39, 0.29) is 28.1 Å². The predicted octanol–water partition coefficient (Wildman–Crippen LogP) is 2.63. The smallest absolute Gasteiger partial charge is 0.410 e. The summed E-state index contributed by atoms with van der Waals surface area (Å²) in [6.07, 6.45) is -0.194. The second kappa shape index (κ2) is 8.57. The van der Waals surface area contributed by atoms with Crippen LogP contribution in [0.1, 0.15) is 43.4 Å². The number of carboxylic acid groups (broad SMARTS) is 1. The standard InChI is InChI=1S/C21H23ClF2N6O4S/c1-20(2)18(29-19(32)33)30-21(3,13-6-7-26-35(13,20)34)16-12(24)4-5-14(27-16)28-17(31)15-11(22)8-10(23)9-25-15/h4-5,8-9,13,35H,6-7H2,1-3H3,(H,26,34)(H,29,30)(H,32,33)(H,27,28,31)/t13-,21+/m1/s1. The van der Waals surface area contributed by atoms with Gasteiger partial charge in [0.15, 0.2) is 0 Å². The van der Waals surface area contributed by atoms with Crippen molar-refractivity contribution in [1.29, 1.82) is 0 Å². The van der Waals surface area contributed by atoms with Gasteiger partial charge in [-0.2, -0.15) is 0 Å². The van der Waals surface area contributed by atoms with Gasteiger partial charge in [-0.15, -0.1) is 0 Å². The van der Waals surface area contributed by atoms with Gasteiger partial charge in [0.05, 0.1) is 21.2 Å². The lowest BCUT2D eigenvalue weighted by atomic mass is 9.89. The van der Waals surface area contributed by atoms with Crippen molar-refractivity contribution in [2.24, 2.45) is 4.99 Å². The highest BCUT2D eigenvalue weighted by Crippen LogP contribution is 2.48. The van der Waals surface area contributed by atoms with Crippen LogP contribution in [-0.2, 0) is 15.7 Å². The molecule has 35 heavy (non-hydrogen) atoms. The zero-order chi connectivity index (χ0) is 25.8. The van der Waals surface area contributed by atoms with Crippen molar-refractivity contribution in [3.05, 3.63) is 52.4 Å². The molecule has 2 aliphatic heterocycles. The molecule has 0 aromatic carbocycles. The summed E-state index contributed by atoms with van der Waals surface area (Å²) in [6, 6.07) is 3.20. The number of nitrogens with zero attached hydrogens (tertiary/aromatic N) is 3. The molecular weight excluding hydrogens is 506 g/mol. The van der Waals surface area contributed by atoms with Crippen molar-refractivity contribution >= 4 is 45.4 Å². The summed E-state index contributed by atoms with van der Waals surface area (Å²) in [5.74, 6) is -2.47. The average Bonchev–Trinajstić information content (AvgIpc) is 3.18. The third kappa shape index (κ3) is 4.06. The summed E-state index contributed by atoms with van der Waals surface area (Å²) in [5, 5.41) is 13.1. The summed E-state index contributed by atoms with van der Waals surface area (Å²) >= 11 is 5.90. The van der Waals surface area contributed by atoms with Crippen LogP contribution in [0, 0.1) is 11.6 Å². The monoisotopic (exact) mass is 528 g/mol. The molecule has 2 aliphatic rings. The first kappa shape index (κ1) is 25.1. The van der Waals surface area contributed by atoms with Crippen LogP contribution in [0.2, 0.25) is 5.02 Å². The lowest BCUT2D eigenvalue weighted by Crippen LogP contribution is -2.66. The van der Waals surface area contributed by atoms with Crippen molar-refractivity contribution in [3.63, 3.8) is 0 Å². The molecule has 2 atom stereocenters. The van der Waals surface area contributed by atoms with Gasteiger partial charge in [0, 0.05) is 6.54 Å². The third-order valence-corrected chi connectivity index (χ3v) is 10.9. The maximum Gasteiger partial charge on any atom is 0.410 e. The number of anilines is 1. The molecule has 4 rings (SSSR count). The lowest BCUT2D eigenvalue weighted by molar-refractivity contribution is 0.102. The Balaban J connectivity index is 1.79. The van der Waals surface area contributed by atoms with E-state index in [0.29, 0.717) is 13.0 Å². The molecule has 0 bridgehead atoms. The molecular formula is C21H23ClF2N6O4S. The lowest BCUT2D eigenvalue weighted by Gasteiger charge is -2.50. The Kier molecular flexibility index (Phi) is 6.14. The zero-order valence-corrected chi connectivity index (χ0v) is 20.5. The minimum absolute atomic E-state index is 0.0802. The van der Waals surface area contributed by atoms with Gasteiger partial charge in [-0.1, -0.05) is 11.6 Å². The third-order valence-electron chi connectivity index (χ3n) is 6.42. The van der Waals surface area contributed by atoms with Crippen LogP contribution < -0.4 is 15.4 Å². The topological polar surface area (TPSA) is 146 Å². The Bertz CT molecular complexity index is 1320. The molecule has 0 aliphatic carbocycles. The molecule has 0 radical (unpaired) electrons. The largest absolute Gasteiger partial charge is 0.465 e.